The standard InChI is InChI=1S/C22H29NO3/c1-14-11-16(3)19(12-15(14)2)17(4)23-22(24)10-8-18-7-9-20(25-5)21(13-18)26-6/h7,9,11-13,17H,8,10H2,1-6H3,(H,23,24)/t17-/m0/s1. The highest BCUT2D eigenvalue weighted by molar-refractivity contribution is 5.76. The second-order valence-electron chi connectivity index (χ2n) is 6.77. The van der Waals surface area contributed by atoms with Crippen LogP contribution in [0.3, 0.4) is 0 Å². The Kier molecular flexibility index (Phi) is 6.67. The van der Waals surface area contributed by atoms with Gasteiger partial charge in [0.25, 0.3) is 0 Å². The Labute approximate surface area is 156 Å². The van der Waals surface area contributed by atoms with Crippen molar-refractivity contribution in [2.75, 3.05) is 14.2 Å². The normalized spacial score (nSPS) is 11.8. The SMILES string of the molecule is COc1ccc(CCC(=O)N[C@@H](C)c2cc(C)c(C)cc2C)cc1OC. The molecule has 4 heteroatoms. The third-order valence-corrected chi connectivity index (χ3v) is 4.82. The molecule has 0 radical (unpaired) electrons. The Morgan fingerprint density at radius 1 is 0.962 bits per heavy atom. The number of methoxy groups -OCH3 is 2. The molecular weight excluding hydrogens is 326 g/mol. The van der Waals surface area contributed by atoms with Gasteiger partial charge in [0.05, 0.1) is 20.3 Å². The Morgan fingerprint density at radius 3 is 2.27 bits per heavy atom. The molecule has 0 unspecified atom stereocenters. The number of benzene rings is 2. The van der Waals surface area contributed by atoms with E-state index in [1.807, 2.05) is 25.1 Å². The number of ether oxygens (including phenoxy) is 2. The van der Waals surface area contributed by atoms with Crippen molar-refractivity contribution in [2.45, 2.75) is 46.6 Å². The molecule has 1 atom stereocenters. The molecule has 2 aromatic carbocycles. The number of nitrogens with one attached hydrogen (secondary N) is 1. The summed E-state index contributed by atoms with van der Waals surface area (Å²) in [6, 6.07) is 10.1. The van der Waals surface area contributed by atoms with E-state index in [2.05, 4.69) is 38.2 Å². The molecule has 0 saturated carbocycles. The summed E-state index contributed by atoms with van der Waals surface area (Å²) in [7, 11) is 3.23. The van der Waals surface area contributed by atoms with E-state index in [9.17, 15) is 4.79 Å². The van der Waals surface area contributed by atoms with E-state index in [1.165, 1.54) is 22.3 Å². The predicted molar refractivity (Wildman–Crippen MR) is 105 cm³/mol. The summed E-state index contributed by atoms with van der Waals surface area (Å²) in [6.07, 6.45) is 1.09. The zero-order chi connectivity index (χ0) is 19.3. The van der Waals surface area contributed by atoms with Gasteiger partial charge in [0, 0.05) is 6.42 Å². The third-order valence-electron chi connectivity index (χ3n) is 4.82. The summed E-state index contributed by atoms with van der Waals surface area (Å²) in [6.45, 7) is 8.34. The van der Waals surface area contributed by atoms with Crippen molar-refractivity contribution in [3.8, 4) is 11.5 Å². The first kappa shape index (κ1) is 19.8. The molecule has 0 fully saturated rings. The quantitative estimate of drug-likeness (QED) is 0.799. The number of hydrogen-bond acceptors (Lipinski definition) is 3. The summed E-state index contributed by atoms with van der Waals surface area (Å²) in [4.78, 5) is 12.4. The molecule has 2 rings (SSSR count). The van der Waals surface area contributed by atoms with Crippen LogP contribution in [0, 0.1) is 20.8 Å². The summed E-state index contributed by atoms with van der Waals surface area (Å²) in [5.41, 5.74) is 5.96. The lowest BCUT2D eigenvalue weighted by atomic mass is 9.96. The van der Waals surface area contributed by atoms with Crippen molar-refractivity contribution in [3.63, 3.8) is 0 Å². The summed E-state index contributed by atoms with van der Waals surface area (Å²) < 4.78 is 10.6. The van der Waals surface area contributed by atoms with E-state index in [0.29, 0.717) is 24.3 Å². The number of carbonyl (C=O) groups is 1. The van der Waals surface area contributed by atoms with Gasteiger partial charge in [-0.2, -0.15) is 0 Å². The first-order valence-electron chi connectivity index (χ1n) is 8.93. The minimum Gasteiger partial charge on any atom is -0.493 e. The largest absolute Gasteiger partial charge is 0.493 e. The van der Waals surface area contributed by atoms with Gasteiger partial charge in [-0.05, 0) is 74.1 Å². The highest BCUT2D eigenvalue weighted by Gasteiger charge is 2.13. The van der Waals surface area contributed by atoms with E-state index in [-0.39, 0.29) is 11.9 Å². The average Bonchev–Trinajstić information content (AvgIpc) is 2.62. The van der Waals surface area contributed by atoms with Gasteiger partial charge >= 0.3 is 0 Å². The van der Waals surface area contributed by atoms with Gasteiger partial charge in [0.1, 0.15) is 0 Å². The van der Waals surface area contributed by atoms with Crippen LogP contribution >= 0.6 is 0 Å². The minimum atomic E-state index is -0.00722. The summed E-state index contributed by atoms with van der Waals surface area (Å²) in [5, 5.41) is 3.11. The molecule has 0 aliphatic heterocycles. The van der Waals surface area contributed by atoms with E-state index >= 15 is 0 Å². The molecule has 0 saturated heterocycles. The fraction of sp³-hybridized carbons (Fsp3) is 0.409. The highest BCUT2D eigenvalue weighted by atomic mass is 16.5. The maximum absolute atomic E-state index is 12.4. The molecule has 4 nitrogen and oxygen atoms in total. The van der Waals surface area contributed by atoms with Gasteiger partial charge in [0.2, 0.25) is 5.91 Å². The fourth-order valence-corrected chi connectivity index (χ4v) is 3.13. The zero-order valence-corrected chi connectivity index (χ0v) is 16.6. The van der Waals surface area contributed by atoms with E-state index in [0.717, 1.165) is 5.56 Å². The van der Waals surface area contributed by atoms with Crippen molar-refractivity contribution < 1.29 is 14.3 Å². The van der Waals surface area contributed by atoms with Crippen LogP contribution in [0.2, 0.25) is 0 Å². The lowest BCUT2D eigenvalue weighted by Gasteiger charge is -2.18. The van der Waals surface area contributed by atoms with Crippen LogP contribution in [0.25, 0.3) is 0 Å². The molecule has 0 aromatic heterocycles. The van der Waals surface area contributed by atoms with Crippen molar-refractivity contribution in [1.82, 2.24) is 5.32 Å². The predicted octanol–water partition coefficient (Wildman–Crippen LogP) is 4.44. The zero-order valence-electron chi connectivity index (χ0n) is 16.6. The van der Waals surface area contributed by atoms with Crippen LogP contribution in [0.1, 0.15) is 47.2 Å². The van der Waals surface area contributed by atoms with Crippen LogP contribution in [0.15, 0.2) is 30.3 Å². The van der Waals surface area contributed by atoms with Gasteiger partial charge in [0.15, 0.2) is 11.5 Å². The monoisotopic (exact) mass is 355 g/mol. The van der Waals surface area contributed by atoms with E-state index < -0.39 is 0 Å². The van der Waals surface area contributed by atoms with Crippen LogP contribution < -0.4 is 14.8 Å². The van der Waals surface area contributed by atoms with Crippen molar-refractivity contribution >= 4 is 5.91 Å². The molecule has 140 valence electrons. The molecular formula is C22H29NO3. The van der Waals surface area contributed by atoms with Gasteiger partial charge < -0.3 is 14.8 Å². The van der Waals surface area contributed by atoms with Gasteiger partial charge in [-0.1, -0.05) is 18.2 Å². The van der Waals surface area contributed by atoms with Crippen molar-refractivity contribution in [3.05, 3.63) is 58.1 Å². The number of aryl methyl sites for hydroxylation is 4. The molecule has 0 spiro atoms. The lowest BCUT2D eigenvalue weighted by molar-refractivity contribution is -0.121. The number of hydrogen-bond donors (Lipinski definition) is 1. The molecule has 0 heterocycles. The molecule has 0 bridgehead atoms. The topological polar surface area (TPSA) is 47.6 Å². The highest BCUT2D eigenvalue weighted by Crippen LogP contribution is 2.28. The van der Waals surface area contributed by atoms with E-state index in [1.54, 1.807) is 14.2 Å². The number of amides is 1. The number of carbonyl (C=O) groups excluding carboxylic acids is 1. The van der Waals surface area contributed by atoms with Crippen LogP contribution in [-0.2, 0) is 11.2 Å². The Morgan fingerprint density at radius 2 is 1.62 bits per heavy atom. The second kappa shape index (κ2) is 8.75. The first-order chi connectivity index (χ1) is 12.3. The van der Waals surface area contributed by atoms with Gasteiger partial charge in [-0.25, -0.2) is 0 Å². The van der Waals surface area contributed by atoms with E-state index in [4.69, 9.17) is 9.47 Å². The fourth-order valence-electron chi connectivity index (χ4n) is 3.13. The average molecular weight is 355 g/mol. The second-order valence-corrected chi connectivity index (χ2v) is 6.77. The van der Waals surface area contributed by atoms with Crippen molar-refractivity contribution in [1.29, 1.82) is 0 Å². The smallest absolute Gasteiger partial charge is 0.220 e. The Bertz CT molecular complexity index is 783. The first-order valence-corrected chi connectivity index (χ1v) is 8.93. The van der Waals surface area contributed by atoms with Crippen LogP contribution in [0.5, 0.6) is 11.5 Å². The molecule has 0 aliphatic rings. The van der Waals surface area contributed by atoms with Gasteiger partial charge in [-0.15, -0.1) is 0 Å². The van der Waals surface area contributed by atoms with Crippen molar-refractivity contribution in [2.24, 2.45) is 0 Å². The molecule has 2 aromatic rings. The van der Waals surface area contributed by atoms with Crippen LogP contribution in [0.4, 0.5) is 0 Å². The summed E-state index contributed by atoms with van der Waals surface area (Å²) in [5.74, 6) is 1.42. The Hall–Kier alpha value is -2.49. The molecule has 1 N–H and O–H groups in total. The lowest BCUT2D eigenvalue weighted by Crippen LogP contribution is -2.27. The maximum Gasteiger partial charge on any atom is 0.220 e. The van der Waals surface area contributed by atoms with Gasteiger partial charge in [-0.3, -0.25) is 4.79 Å². The maximum atomic E-state index is 12.4. The number of rotatable bonds is 7. The van der Waals surface area contributed by atoms with Crippen LogP contribution in [-0.4, -0.2) is 20.1 Å². The third kappa shape index (κ3) is 4.78. The Balaban J connectivity index is 1.98. The molecule has 26 heavy (non-hydrogen) atoms. The molecule has 1 amide bonds. The summed E-state index contributed by atoms with van der Waals surface area (Å²) >= 11 is 0. The molecule has 0 aliphatic carbocycles. The minimum absolute atomic E-state index is 0.00722.